The third-order valence-electron chi connectivity index (χ3n) is 10.2. The molecule has 0 amide bonds. The monoisotopic (exact) mass is 675 g/mol. The number of hydrogen-bond acceptors (Lipinski definition) is 2. The van der Waals surface area contributed by atoms with Crippen LogP contribution in [0.4, 0.5) is 0 Å². The van der Waals surface area contributed by atoms with Crippen LogP contribution in [0.3, 0.4) is 0 Å². The predicted molar refractivity (Wildman–Crippen MR) is 221 cm³/mol. The van der Waals surface area contributed by atoms with Crippen LogP contribution in [-0.2, 0) is 0 Å². The molecule has 0 bridgehead atoms. The molecule has 248 valence electrons. The van der Waals surface area contributed by atoms with Crippen molar-refractivity contribution in [2.75, 3.05) is 0 Å². The molecule has 3 heteroatoms. The molecule has 8 aromatic carbocycles. The fraction of sp³-hybridized carbons (Fsp3) is 0. The molecule has 0 radical (unpaired) electrons. The standard InChI is InChI=1S/C50H33N3/c1-2-11-40(12-3-1)50-51-46(33-47(52-50)39-25-20-37(21-26-39)42-27-22-34-10-4-5-13-41(34)32-42)38-23-18-35(19-24-38)36-28-30-43(31-29-36)53-48-16-8-6-14-44(48)45-15-7-9-17-49(45)53/h1-33H. The topological polar surface area (TPSA) is 30.7 Å². The molecule has 2 heterocycles. The molecular formula is C50H33N3. The minimum atomic E-state index is 0.710. The van der Waals surface area contributed by atoms with E-state index in [1.54, 1.807) is 0 Å². The Morgan fingerprint density at radius 1 is 0.302 bits per heavy atom. The largest absolute Gasteiger partial charge is 0.309 e. The summed E-state index contributed by atoms with van der Waals surface area (Å²) in [7, 11) is 0. The van der Waals surface area contributed by atoms with Crippen molar-refractivity contribution in [1.29, 1.82) is 0 Å². The third-order valence-corrected chi connectivity index (χ3v) is 10.2. The van der Waals surface area contributed by atoms with Gasteiger partial charge in [-0.05, 0) is 69.4 Å². The Morgan fingerprint density at radius 2 is 0.755 bits per heavy atom. The molecule has 0 aliphatic heterocycles. The maximum atomic E-state index is 5.07. The van der Waals surface area contributed by atoms with Gasteiger partial charge >= 0.3 is 0 Å². The minimum absolute atomic E-state index is 0.710. The van der Waals surface area contributed by atoms with Gasteiger partial charge in [0.1, 0.15) is 0 Å². The first-order valence-corrected chi connectivity index (χ1v) is 18.0. The highest BCUT2D eigenvalue weighted by Gasteiger charge is 2.13. The van der Waals surface area contributed by atoms with E-state index in [4.69, 9.17) is 9.97 Å². The van der Waals surface area contributed by atoms with E-state index < -0.39 is 0 Å². The van der Waals surface area contributed by atoms with Crippen LogP contribution >= 0.6 is 0 Å². The summed E-state index contributed by atoms with van der Waals surface area (Å²) >= 11 is 0. The van der Waals surface area contributed by atoms with E-state index in [9.17, 15) is 0 Å². The fourth-order valence-corrected chi connectivity index (χ4v) is 7.50. The second kappa shape index (κ2) is 12.9. The molecule has 0 saturated carbocycles. The van der Waals surface area contributed by atoms with Crippen molar-refractivity contribution in [2.24, 2.45) is 0 Å². The smallest absolute Gasteiger partial charge is 0.160 e. The molecule has 0 fully saturated rings. The Labute approximate surface area is 308 Å². The molecule has 0 atom stereocenters. The predicted octanol–water partition coefficient (Wildman–Crippen LogP) is 13.1. The summed E-state index contributed by atoms with van der Waals surface area (Å²) < 4.78 is 2.35. The lowest BCUT2D eigenvalue weighted by Gasteiger charge is -2.11. The Bertz CT molecular complexity index is 2850. The summed E-state index contributed by atoms with van der Waals surface area (Å²) in [6, 6.07) is 71.0. The summed E-state index contributed by atoms with van der Waals surface area (Å²) in [5, 5.41) is 5.02. The van der Waals surface area contributed by atoms with Crippen molar-refractivity contribution in [3.8, 4) is 61.8 Å². The first kappa shape index (κ1) is 30.7. The fourth-order valence-electron chi connectivity index (χ4n) is 7.50. The zero-order valence-corrected chi connectivity index (χ0v) is 28.9. The molecule has 0 N–H and O–H groups in total. The van der Waals surface area contributed by atoms with Crippen LogP contribution < -0.4 is 0 Å². The number of fused-ring (bicyclic) bond motifs is 4. The molecule has 0 saturated heterocycles. The average Bonchev–Trinajstić information content (AvgIpc) is 3.58. The van der Waals surface area contributed by atoms with Gasteiger partial charge < -0.3 is 4.57 Å². The normalized spacial score (nSPS) is 11.4. The van der Waals surface area contributed by atoms with Gasteiger partial charge in [-0.25, -0.2) is 9.97 Å². The number of nitrogens with zero attached hydrogens (tertiary/aromatic N) is 3. The summed E-state index contributed by atoms with van der Waals surface area (Å²) in [4.78, 5) is 10.1. The van der Waals surface area contributed by atoms with Gasteiger partial charge in [-0.15, -0.1) is 0 Å². The van der Waals surface area contributed by atoms with E-state index in [-0.39, 0.29) is 0 Å². The second-order valence-corrected chi connectivity index (χ2v) is 13.5. The van der Waals surface area contributed by atoms with Crippen molar-refractivity contribution >= 4 is 32.6 Å². The SMILES string of the molecule is c1ccc(-c2nc(-c3ccc(-c4ccc(-n5c6ccccc6c6ccccc65)cc4)cc3)cc(-c3ccc(-c4ccc5ccccc5c4)cc3)n2)cc1. The first-order valence-electron chi connectivity index (χ1n) is 18.0. The van der Waals surface area contributed by atoms with Gasteiger partial charge in [0.2, 0.25) is 0 Å². The van der Waals surface area contributed by atoms with Crippen LogP contribution in [0.2, 0.25) is 0 Å². The highest BCUT2D eigenvalue weighted by Crippen LogP contribution is 2.34. The van der Waals surface area contributed by atoms with Gasteiger partial charge in [-0.1, -0.05) is 164 Å². The second-order valence-electron chi connectivity index (χ2n) is 13.5. The van der Waals surface area contributed by atoms with E-state index in [0.29, 0.717) is 5.82 Å². The number of rotatable bonds is 6. The summed E-state index contributed by atoms with van der Waals surface area (Å²) in [5.74, 6) is 0.710. The van der Waals surface area contributed by atoms with E-state index in [2.05, 4.69) is 187 Å². The lowest BCUT2D eigenvalue weighted by molar-refractivity contribution is 1.18. The average molecular weight is 676 g/mol. The van der Waals surface area contributed by atoms with Crippen LogP contribution in [-0.4, -0.2) is 14.5 Å². The summed E-state index contributed by atoms with van der Waals surface area (Å²) in [6.07, 6.45) is 0. The lowest BCUT2D eigenvalue weighted by atomic mass is 9.99. The summed E-state index contributed by atoms with van der Waals surface area (Å²) in [6.45, 7) is 0. The lowest BCUT2D eigenvalue weighted by Crippen LogP contribution is -1.96. The Balaban J connectivity index is 0.974. The molecule has 0 spiro atoms. The van der Waals surface area contributed by atoms with Gasteiger partial charge in [0, 0.05) is 33.2 Å². The van der Waals surface area contributed by atoms with E-state index in [0.717, 1.165) is 39.3 Å². The zero-order valence-electron chi connectivity index (χ0n) is 28.9. The molecule has 10 aromatic rings. The van der Waals surface area contributed by atoms with Crippen molar-refractivity contribution in [1.82, 2.24) is 14.5 Å². The maximum Gasteiger partial charge on any atom is 0.160 e. The van der Waals surface area contributed by atoms with Crippen LogP contribution in [0.25, 0.3) is 94.4 Å². The Morgan fingerprint density at radius 3 is 1.36 bits per heavy atom. The van der Waals surface area contributed by atoms with Crippen LogP contribution in [0, 0.1) is 0 Å². The Kier molecular flexibility index (Phi) is 7.47. The van der Waals surface area contributed by atoms with E-state index in [1.165, 1.54) is 49.3 Å². The van der Waals surface area contributed by atoms with Gasteiger partial charge in [-0.2, -0.15) is 0 Å². The van der Waals surface area contributed by atoms with Crippen molar-refractivity contribution in [3.05, 3.63) is 200 Å². The molecule has 2 aromatic heterocycles. The van der Waals surface area contributed by atoms with Crippen LogP contribution in [0.1, 0.15) is 0 Å². The number of para-hydroxylation sites is 2. The minimum Gasteiger partial charge on any atom is -0.309 e. The van der Waals surface area contributed by atoms with Crippen molar-refractivity contribution in [3.63, 3.8) is 0 Å². The van der Waals surface area contributed by atoms with Gasteiger partial charge in [0.05, 0.1) is 22.4 Å². The molecule has 3 nitrogen and oxygen atoms in total. The first-order chi connectivity index (χ1) is 26.2. The van der Waals surface area contributed by atoms with Gasteiger partial charge in [-0.3, -0.25) is 0 Å². The van der Waals surface area contributed by atoms with E-state index >= 15 is 0 Å². The number of aromatic nitrogens is 3. The van der Waals surface area contributed by atoms with Gasteiger partial charge in [0.15, 0.2) is 5.82 Å². The molecule has 0 aliphatic carbocycles. The highest BCUT2D eigenvalue weighted by molar-refractivity contribution is 6.09. The third kappa shape index (κ3) is 5.65. The molecule has 53 heavy (non-hydrogen) atoms. The van der Waals surface area contributed by atoms with E-state index in [1.807, 2.05) is 18.2 Å². The maximum absolute atomic E-state index is 5.07. The molecule has 0 aliphatic rings. The molecular weight excluding hydrogens is 643 g/mol. The van der Waals surface area contributed by atoms with Crippen molar-refractivity contribution < 1.29 is 0 Å². The summed E-state index contributed by atoms with van der Waals surface area (Å²) in [5.41, 5.74) is 13.1. The van der Waals surface area contributed by atoms with Crippen LogP contribution in [0.15, 0.2) is 200 Å². The van der Waals surface area contributed by atoms with Gasteiger partial charge in [0.25, 0.3) is 0 Å². The molecule has 0 unspecified atom stereocenters. The number of benzene rings is 8. The van der Waals surface area contributed by atoms with Crippen LogP contribution in [0.5, 0.6) is 0 Å². The quantitative estimate of drug-likeness (QED) is 0.176. The highest BCUT2D eigenvalue weighted by atomic mass is 15.0. The zero-order chi connectivity index (χ0) is 35.1. The molecule has 10 rings (SSSR count). The van der Waals surface area contributed by atoms with Crippen molar-refractivity contribution in [2.45, 2.75) is 0 Å². The Hall–Kier alpha value is -7.10. The number of hydrogen-bond donors (Lipinski definition) is 0.